The van der Waals surface area contributed by atoms with E-state index in [1.165, 1.54) is 44.9 Å². The van der Waals surface area contributed by atoms with Crippen LogP contribution in [0.4, 0.5) is 0 Å². The number of aliphatic hydroxyl groups is 1. The molecule has 40 heavy (non-hydrogen) atoms. The molecule has 0 aliphatic rings. The Balaban J connectivity index is 1.97. The lowest BCUT2D eigenvalue weighted by Crippen LogP contribution is -2.35. The molecule has 0 spiro atoms. The maximum atomic E-state index is 13.5. The third kappa shape index (κ3) is 15.6. The summed E-state index contributed by atoms with van der Waals surface area (Å²) in [5.74, 6) is -0.601. The maximum absolute atomic E-state index is 13.5. The van der Waals surface area contributed by atoms with Crippen molar-refractivity contribution in [2.45, 2.75) is 142 Å². The van der Waals surface area contributed by atoms with Crippen LogP contribution in [-0.2, 0) is 27.5 Å². The average Bonchev–Trinajstić information content (AvgIpc) is 2.98. The van der Waals surface area contributed by atoms with Crippen molar-refractivity contribution in [3.8, 4) is 0 Å². The molecular formula is C36H56O4. The first-order valence-electron chi connectivity index (χ1n) is 16.2. The molecule has 0 radical (unpaired) electrons. The monoisotopic (exact) mass is 552 g/mol. The molecule has 0 heterocycles. The predicted molar refractivity (Wildman–Crippen MR) is 166 cm³/mol. The Kier molecular flexibility index (Phi) is 19.2. The zero-order chi connectivity index (χ0) is 28.7. The molecular weight excluding hydrogens is 496 g/mol. The fourth-order valence-electron chi connectivity index (χ4n) is 5.28. The van der Waals surface area contributed by atoms with E-state index in [4.69, 9.17) is 9.47 Å². The van der Waals surface area contributed by atoms with Crippen LogP contribution in [0.1, 0.15) is 128 Å². The third-order valence-corrected chi connectivity index (χ3v) is 7.80. The molecule has 224 valence electrons. The van der Waals surface area contributed by atoms with Crippen LogP contribution in [-0.4, -0.2) is 23.3 Å². The van der Waals surface area contributed by atoms with Gasteiger partial charge in [0.25, 0.3) is 0 Å². The summed E-state index contributed by atoms with van der Waals surface area (Å²) in [5.41, 5.74) is 2.05. The van der Waals surface area contributed by atoms with Gasteiger partial charge < -0.3 is 14.6 Å². The fourth-order valence-corrected chi connectivity index (χ4v) is 5.28. The second-order valence-corrected chi connectivity index (χ2v) is 11.4. The highest BCUT2D eigenvalue weighted by atomic mass is 16.5. The number of hydrogen-bond donors (Lipinski definition) is 1. The van der Waals surface area contributed by atoms with Gasteiger partial charge in [0.2, 0.25) is 0 Å². The molecule has 0 fully saturated rings. The highest BCUT2D eigenvalue weighted by Crippen LogP contribution is 2.26. The Morgan fingerprint density at radius 3 is 1.70 bits per heavy atom. The Morgan fingerprint density at radius 2 is 1.12 bits per heavy atom. The second kappa shape index (κ2) is 22.5. The summed E-state index contributed by atoms with van der Waals surface area (Å²) in [6, 6.07) is 19.9. The van der Waals surface area contributed by atoms with E-state index in [0.717, 1.165) is 62.5 Å². The molecule has 2 aromatic rings. The summed E-state index contributed by atoms with van der Waals surface area (Å²) in [6.07, 6.45) is 16.8. The van der Waals surface area contributed by atoms with Gasteiger partial charge in [-0.2, -0.15) is 0 Å². The molecule has 0 saturated carbocycles. The summed E-state index contributed by atoms with van der Waals surface area (Å²) >= 11 is 0. The van der Waals surface area contributed by atoms with E-state index >= 15 is 0 Å². The van der Waals surface area contributed by atoms with Gasteiger partial charge in [-0.1, -0.05) is 158 Å². The molecule has 0 amide bonds. The topological polar surface area (TPSA) is 55.8 Å². The maximum Gasteiger partial charge on any atom is 0.311 e. The Bertz CT molecular complexity index is 854. The van der Waals surface area contributed by atoms with Gasteiger partial charge >= 0.3 is 5.97 Å². The third-order valence-electron chi connectivity index (χ3n) is 7.80. The predicted octanol–water partition coefficient (Wildman–Crippen LogP) is 9.57. The summed E-state index contributed by atoms with van der Waals surface area (Å²) < 4.78 is 12.2. The lowest BCUT2D eigenvalue weighted by molar-refractivity contribution is -0.158. The van der Waals surface area contributed by atoms with Crippen LogP contribution >= 0.6 is 0 Å². The molecule has 0 aliphatic heterocycles. The van der Waals surface area contributed by atoms with Crippen molar-refractivity contribution < 1.29 is 19.4 Å². The number of unbranched alkanes of at least 4 members (excludes halogenated alkanes) is 11. The Morgan fingerprint density at radius 1 is 0.650 bits per heavy atom. The van der Waals surface area contributed by atoms with Crippen LogP contribution in [0.3, 0.4) is 0 Å². The van der Waals surface area contributed by atoms with E-state index in [-0.39, 0.29) is 24.6 Å². The average molecular weight is 553 g/mol. The van der Waals surface area contributed by atoms with E-state index in [1.54, 1.807) is 0 Å². The van der Waals surface area contributed by atoms with Crippen molar-refractivity contribution >= 4 is 5.97 Å². The quantitative estimate of drug-likeness (QED) is 0.104. The summed E-state index contributed by atoms with van der Waals surface area (Å²) in [6.45, 7) is 5.14. The lowest BCUT2D eigenvalue weighted by Gasteiger charge is -2.28. The molecule has 0 aliphatic carbocycles. The molecule has 1 N–H and O–H groups in total. The molecule has 0 saturated heterocycles. The van der Waals surface area contributed by atoms with Gasteiger partial charge in [0.05, 0.1) is 24.7 Å². The first kappa shape index (κ1) is 34.0. The smallest absolute Gasteiger partial charge is 0.311 e. The van der Waals surface area contributed by atoms with Crippen LogP contribution in [0.15, 0.2) is 60.7 Å². The largest absolute Gasteiger partial charge is 0.461 e. The number of carbonyl (C=O) groups excluding carboxylic acids is 1. The Labute approximate surface area is 244 Å². The van der Waals surface area contributed by atoms with Gasteiger partial charge in [-0.15, -0.1) is 0 Å². The number of aliphatic hydroxyl groups excluding tert-OH is 1. The van der Waals surface area contributed by atoms with Crippen molar-refractivity contribution in [1.29, 1.82) is 0 Å². The SMILES string of the molecule is CCCCCCCCCCC[C@@H](O)C[C@@H](OCc1ccccc1)[C@H](CCCCCC)C(=O)OCc1ccccc1. The van der Waals surface area contributed by atoms with Crippen molar-refractivity contribution in [1.82, 2.24) is 0 Å². The number of rotatable bonds is 24. The standard InChI is InChI=1S/C36H56O4/c1-3-5-7-9-10-11-12-13-20-26-33(37)28-35(39-29-31-22-16-14-17-23-31)34(27-21-8-6-4-2)36(38)40-30-32-24-18-15-19-25-32/h14-19,22-25,33-35,37H,3-13,20-21,26-30H2,1-2H3/t33-,34+,35-/m1/s1. The minimum atomic E-state index is -0.481. The van der Waals surface area contributed by atoms with Crippen LogP contribution in [0, 0.1) is 5.92 Å². The number of benzene rings is 2. The van der Waals surface area contributed by atoms with Crippen molar-refractivity contribution in [2.75, 3.05) is 0 Å². The molecule has 2 aromatic carbocycles. The molecule has 3 atom stereocenters. The molecule has 0 unspecified atom stereocenters. The first-order chi connectivity index (χ1) is 19.6. The molecule has 4 heteroatoms. The van der Waals surface area contributed by atoms with Gasteiger partial charge in [0, 0.05) is 6.42 Å². The summed E-state index contributed by atoms with van der Waals surface area (Å²) in [5, 5.41) is 11.0. The van der Waals surface area contributed by atoms with Gasteiger partial charge in [-0.3, -0.25) is 4.79 Å². The normalized spacial score (nSPS) is 13.6. The minimum absolute atomic E-state index is 0.214. The van der Waals surface area contributed by atoms with Gasteiger partial charge in [0.1, 0.15) is 6.61 Å². The van der Waals surface area contributed by atoms with E-state index in [0.29, 0.717) is 13.0 Å². The highest BCUT2D eigenvalue weighted by Gasteiger charge is 2.32. The van der Waals surface area contributed by atoms with E-state index in [9.17, 15) is 9.90 Å². The first-order valence-corrected chi connectivity index (χ1v) is 16.2. The van der Waals surface area contributed by atoms with Gasteiger partial charge in [-0.25, -0.2) is 0 Å². The van der Waals surface area contributed by atoms with Gasteiger partial charge in [-0.05, 0) is 24.0 Å². The van der Waals surface area contributed by atoms with Crippen molar-refractivity contribution in [3.63, 3.8) is 0 Å². The summed E-state index contributed by atoms with van der Waals surface area (Å²) in [4.78, 5) is 13.5. The van der Waals surface area contributed by atoms with Gasteiger partial charge in [0.15, 0.2) is 0 Å². The number of hydrogen-bond acceptors (Lipinski definition) is 4. The summed E-state index contributed by atoms with van der Waals surface area (Å²) in [7, 11) is 0. The van der Waals surface area contributed by atoms with Crippen LogP contribution in [0.5, 0.6) is 0 Å². The fraction of sp³-hybridized carbons (Fsp3) is 0.639. The molecule has 0 aromatic heterocycles. The van der Waals surface area contributed by atoms with E-state index in [2.05, 4.69) is 13.8 Å². The lowest BCUT2D eigenvalue weighted by atomic mass is 9.90. The Hall–Kier alpha value is -2.17. The van der Waals surface area contributed by atoms with E-state index < -0.39 is 6.10 Å². The molecule has 4 nitrogen and oxygen atoms in total. The zero-order valence-corrected chi connectivity index (χ0v) is 25.4. The number of carbonyl (C=O) groups is 1. The molecule has 0 bridgehead atoms. The minimum Gasteiger partial charge on any atom is -0.461 e. The number of esters is 1. The van der Waals surface area contributed by atoms with Crippen molar-refractivity contribution in [3.05, 3.63) is 71.8 Å². The van der Waals surface area contributed by atoms with Crippen molar-refractivity contribution in [2.24, 2.45) is 5.92 Å². The van der Waals surface area contributed by atoms with Crippen LogP contribution < -0.4 is 0 Å². The second-order valence-electron chi connectivity index (χ2n) is 11.4. The van der Waals surface area contributed by atoms with Crippen LogP contribution in [0.2, 0.25) is 0 Å². The van der Waals surface area contributed by atoms with E-state index in [1.807, 2.05) is 60.7 Å². The van der Waals surface area contributed by atoms with Crippen LogP contribution in [0.25, 0.3) is 0 Å². The number of ether oxygens (including phenoxy) is 2. The molecule has 2 rings (SSSR count). The highest BCUT2D eigenvalue weighted by molar-refractivity contribution is 5.73. The zero-order valence-electron chi connectivity index (χ0n) is 25.4.